The molecular weight excluding hydrogens is 506 g/mol. The van der Waals surface area contributed by atoms with Gasteiger partial charge in [0.25, 0.3) is 0 Å². The van der Waals surface area contributed by atoms with E-state index in [1.54, 1.807) is 6.08 Å². The van der Waals surface area contributed by atoms with Gasteiger partial charge in [-0.25, -0.2) is 4.98 Å². The first-order valence-electron chi connectivity index (χ1n) is 13.5. The van der Waals surface area contributed by atoms with Crippen molar-refractivity contribution in [2.24, 2.45) is 7.05 Å². The van der Waals surface area contributed by atoms with Crippen LogP contribution in [0.25, 0.3) is 55.9 Å². The summed E-state index contributed by atoms with van der Waals surface area (Å²) in [4.78, 5) is 32.2. The molecule has 0 radical (unpaired) electrons. The van der Waals surface area contributed by atoms with E-state index < -0.39 is 0 Å². The number of para-hydroxylation sites is 1. The first-order valence-corrected chi connectivity index (χ1v) is 13.5. The van der Waals surface area contributed by atoms with Crippen LogP contribution in [0, 0.1) is 0 Å². The second kappa shape index (κ2) is 8.73. The van der Waals surface area contributed by atoms with E-state index >= 15 is 0 Å². The summed E-state index contributed by atoms with van der Waals surface area (Å²) in [5.74, 6) is 0.354. The molecule has 0 aliphatic heterocycles. The largest absolute Gasteiger partial charge is 0.326 e. The van der Waals surface area contributed by atoms with Gasteiger partial charge in [-0.05, 0) is 64.0 Å². The van der Waals surface area contributed by atoms with Gasteiger partial charge in [-0.1, -0.05) is 78.9 Å². The number of carbonyl (C=O) groups is 2. The summed E-state index contributed by atoms with van der Waals surface area (Å²) in [6.07, 6.45) is 1.72. The van der Waals surface area contributed by atoms with Crippen LogP contribution in [-0.2, 0) is 7.05 Å². The predicted octanol–water partition coefficient (Wildman–Crippen LogP) is 7.80. The molecule has 0 saturated carbocycles. The zero-order chi connectivity index (χ0) is 27.7. The Morgan fingerprint density at radius 3 is 1.88 bits per heavy atom. The molecule has 0 bridgehead atoms. The van der Waals surface area contributed by atoms with Crippen molar-refractivity contribution in [1.29, 1.82) is 0 Å². The van der Waals surface area contributed by atoms with E-state index in [9.17, 15) is 9.59 Å². The lowest BCUT2D eigenvalue weighted by Gasteiger charge is -2.08. The third kappa shape index (κ3) is 3.52. The highest BCUT2D eigenvalue weighted by atomic mass is 16.2. The lowest BCUT2D eigenvalue weighted by atomic mass is 10.0. The van der Waals surface area contributed by atoms with E-state index in [4.69, 9.17) is 4.98 Å². The molecule has 0 unspecified atom stereocenters. The number of hydrogen-bond donors (Lipinski definition) is 0. The number of carbonyl (C=O) groups excluding carboxylic acids is 2. The second-order valence-corrected chi connectivity index (χ2v) is 10.5. The average molecular weight is 530 g/mol. The van der Waals surface area contributed by atoms with Crippen molar-refractivity contribution in [3.8, 4) is 17.1 Å². The zero-order valence-electron chi connectivity index (χ0n) is 22.2. The van der Waals surface area contributed by atoms with E-state index in [2.05, 4.69) is 34.9 Å². The Morgan fingerprint density at radius 2 is 1.22 bits per heavy atom. The summed E-state index contributed by atoms with van der Waals surface area (Å²) in [6, 6.07) is 38.0. The van der Waals surface area contributed by atoms with Gasteiger partial charge in [0.05, 0.1) is 16.8 Å². The maximum Gasteiger partial charge on any atom is 0.197 e. The molecule has 5 heteroatoms. The number of hydrogen-bond acceptors (Lipinski definition) is 3. The summed E-state index contributed by atoms with van der Waals surface area (Å²) in [5, 5.41) is 4.21. The van der Waals surface area contributed by atoms with Crippen molar-refractivity contribution in [2.45, 2.75) is 0 Å². The van der Waals surface area contributed by atoms with Crippen LogP contribution in [0.2, 0.25) is 0 Å². The molecule has 5 nitrogen and oxygen atoms in total. The predicted molar refractivity (Wildman–Crippen MR) is 164 cm³/mol. The molecule has 0 spiro atoms. The maximum atomic E-state index is 13.6. The fourth-order valence-electron chi connectivity index (χ4n) is 5.98. The number of allylic oxidation sites excluding steroid dienone is 1. The van der Waals surface area contributed by atoms with Crippen molar-refractivity contribution in [1.82, 2.24) is 14.1 Å². The van der Waals surface area contributed by atoms with Crippen LogP contribution in [-0.4, -0.2) is 25.7 Å². The lowest BCUT2D eigenvalue weighted by molar-refractivity contribution is 0.0990. The van der Waals surface area contributed by atoms with E-state index in [0.29, 0.717) is 11.1 Å². The first kappa shape index (κ1) is 23.3. The fourth-order valence-corrected chi connectivity index (χ4v) is 5.98. The topological polar surface area (TPSA) is 56.9 Å². The number of benzene rings is 5. The van der Waals surface area contributed by atoms with E-state index in [1.165, 1.54) is 5.39 Å². The molecule has 8 rings (SSSR count). The number of aryl methyl sites for hydroxylation is 1. The molecule has 0 N–H and O–H groups in total. The Kier molecular flexibility index (Phi) is 4.97. The Labute approximate surface area is 235 Å². The number of rotatable bonds is 3. The van der Waals surface area contributed by atoms with Crippen LogP contribution < -0.4 is 0 Å². The Bertz CT molecular complexity index is 2190. The summed E-state index contributed by atoms with van der Waals surface area (Å²) in [7, 11) is 2.00. The smallest absolute Gasteiger partial charge is 0.197 e. The summed E-state index contributed by atoms with van der Waals surface area (Å²) < 4.78 is 4.09. The fraction of sp³-hybridized carbons (Fsp3) is 0.0278. The highest BCUT2D eigenvalue weighted by Crippen LogP contribution is 2.35. The number of imidazole rings is 1. The highest BCUT2D eigenvalue weighted by molar-refractivity contribution is 6.42. The van der Waals surface area contributed by atoms with E-state index in [1.807, 2.05) is 96.5 Å². The van der Waals surface area contributed by atoms with Gasteiger partial charge in [0.2, 0.25) is 0 Å². The molecule has 194 valence electrons. The minimum absolute atomic E-state index is 0.171. The first-order chi connectivity index (χ1) is 20.1. The second-order valence-electron chi connectivity index (χ2n) is 10.5. The summed E-state index contributed by atoms with van der Waals surface area (Å²) in [6.45, 7) is 0. The van der Waals surface area contributed by atoms with Gasteiger partial charge in [0, 0.05) is 29.4 Å². The molecule has 7 aromatic rings. The van der Waals surface area contributed by atoms with E-state index in [-0.39, 0.29) is 17.1 Å². The molecular formula is C36H23N3O2. The van der Waals surface area contributed by atoms with Gasteiger partial charge in [-0.2, -0.15) is 0 Å². The van der Waals surface area contributed by atoms with Crippen LogP contribution >= 0.6 is 0 Å². The van der Waals surface area contributed by atoms with Crippen molar-refractivity contribution in [3.05, 3.63) is 138 Å². The number of ketones is 2. The number of Topliss-reactive ketones (excluding diaryl/α,β-unsaturated/α-hetero) is 2. The van der Waals surface area contributed by atoms with E-state index in [0.717, 1.165) is 50.1 Å². The third-order valence-corrected chi connectivity index (χ3v) is 8.05. The number of fused-ring (bicyclic) bond motifs is 4. The number of nitrogens with zero attached hydrogens (tertiary/aromatic N) is 3. The molecule has 1 aliphatic rings. The van der Waals surface area contributed by atoms with Gasteiger partial charge in [-0.15, -0.1) is 0 Å². The highest BCUT2D eigenvalue weighted by Gasteiger charge is 2.34. The minimum Gasteiger partial charge on any atom is -0.326 e. The molecule has 2 heterocycles. The SMILES string of the molecule is Cn1c(-c2ccc3ccccc3c2)nc2c1cc(C=C1C(=O)c3cc4ccccc4cc3C1=O)n2-c1ccccc1. The Hall–Kier alpha value is -5.55. The molecule has 0 amide bonds. The molecule has 5 aromatic carbocycles. The Morgan fingerprint density at radius 1 is 0.634 bits per heavy atom. The van der Waals surface area contributed by atoms with Crippen molar-refractivity contribution >= 4 is 50.4 Å². The van der Waals surface area contributed by atoms with Gasteiger partial charge in [0.15, 0.2) is 17.2 Å². The molecule has 2 aromatic heterocycles. The van der Waals surface area contributed by atoms with Gasteiger partial charge >= 0.3 is 0 Å². The summed E-state index contributed by atoms with van der Waals surface area (Å²) >= 11 is 0. The van der Waals surface area contributed by atoms with Crippen LogP contribution in [0.15, 0.2) is 121 Å². The normalized spacial score (nSPS) is 13.0. The minimum atomic E-state index is -0.245. The zero-order valence-corrected chi connectivity index (χ0v) is 22.2. The van der Waals surface area contributed by atoms with Crippen molar-refractivity contribution in [2.75, 3.05) is 0 Å². The van der Waals surface area contributed by atoms with Crippen LogP contribution in [0.5, 0.6) is 0 Å². The third-order valence-electron chi connectivity index (χ3n) is 8.05. The maximum absolute atomic E-state index is 13.6. The van der Waals surface area contributed by atoms with Crippen molar-refractivity contribution in [3.63, 3.8) is 0 Å². The van der Waals surface area contributed by atoms with Crippen LogP contribution in [0.1, 0.15) is 26.4 Å². The molecule has 0 fully saturated rings. The molecule has 0 saturated heterocycles. The molecule has 41 heavy (non-hydrogen) atoms. The van der Waals surface area contributed by atoms with Crippen molar-refractivity contribution < 1.29 is 9.59 Å². The molecule has 0 atom stereocenters. The lowest BCUT2D eigenvalue weighted by Crippen LogP contribution is -2.03. The summed E-state index contributed by atoms with van der Waals surface area (Å²) in [5.41, 5.74) is 5.40. The van der Waals surface area contributed by atoms with Gasteiger partial charge in [0.1, 0.15) is 5.82 Å². The monoisotopic (exact) mass is 529 g/mol. The van der Waals surface area contributed by atoms with Gasteiger partial charge < -0.3 is 4.57 Å². The molecule has 1 aliphatic carbocycles. The standard InChI is InChI=1S/C36H23N3O2/c1-38-32-21-28(20-31-33(40)29-18-24-11-7-8-12-25(24)19-30(29)34(31)41)39(27-13-3-2-4-14-27)36(32)37-35(38)26-16-15-22-9-5-6-10-23(22)17-26/h2-21H,1H3. The van der Waals surface area contributed by atoms with Gasteiger partial charge in [-0.3, -0.25) is 14.2 Å². The van der Waals surface area contributed by atoms with Crippen LogP contribution in [0.4, 0.5) is 0 Å². The Balaban J connectivity index is 1.31. The van der Waals surface area contributed by atoms with Crippen LogP contribution in [0.3, 0.4) is 0 Å². The average Bonchev–Trinajstić information content (AvgIpc) is 3.61. The number of aromatic nitrogens is 3. The quantitative estimate of drug-likeness (QED) is 0.173.